The van der Waals surface area contributed by atoms with E-state index in [4.69, 9.17) is 5.11 Å². The summed E-state index contributed by atoms with van der Waals surface area (Å²) in [7, 11) is 0. The van der Waals surface area contributed by atoms with Gasteiger partial charge in [0.25, 0.3) is 0 Å². The molecule has 1 fully saturated rings. The fourth-order valence-corrected chi connectivity index (χ4v) is 2.41. The van der Waals surface area contributed by atoms with Gasteiger partial charge in [0, 0.05) is 18.1 Å². The molecule has 1 aromatic rings. The lowest BCUT2D eigenvalue weighted by atomic mass is 10.2. The van der Waals surface area contributed by atoms with E-state index in [1.54, 1.807) is 0 Å². The number of carbonyl (C=O) groups is 1. The van der Waals surface area contributed by atoms with Crippen LogP contribution in [0.1, 0.15) is 18.7 Å². The van der Waals surface area contributed by atoms with E-state index in [0.29, 0.717) is 12.2 Å². The monoisotopic (exact) mass is 213 g/mol. The highest BCUT2D eigenvalue weighted by atomic mass is 32.1. The van der Waals surface area contributed by atoms with E-state index >= 15 is 0 Å². The van der Waals surface area contributed by atoms with Crippen LogP contribution in [-0.2, 0) is 4.79 Å². The number of carboxylic acids is 1. The molecule has 1 N–H and O–H groups in total. The molecule has 0 spiro atoms. The fourth-order valence-electron chi connectivity index (χ4n) is 1.66. The van der Waals surface area contributed by atoms with Crippen molar-refractivity contribution in [1.29, 1.82) is 0 Å². The summed E-state index contributed by atoms with van der Waals surface area (Å²) in [5.74, 6) is -0.0589. The molecule has 76 valence electrons. The van der Waals surface area contributed by atoms with Crippen molar-refractivity contribution in [2.45, 2.75) is 25.8 Å². The Balaban J connectivity index is 2.21. The number of hydrogen-bond acceptors (Lipinski definition) is 5. The van der Waals surface area contributed by atoms with Crippen molar-refractivity contribution in [3.05, 3.63) is 5.82 Å². The average molecular weight is 213 g/mol. The highest BCUT2D eigenvalue weighted by Crippen LogP contribution is 2.26. The molecule has 6 heteroatoms. The normalized spacial score (nSPS) is 21.5. The molecule has 5 nitrogen and oxygen atoms in total. The van der Waals surface area contributed by atoms with Gasteiger partial charge < -0.3 is 10.0 Å². The summed E-state index contributed by atoms with van der Waals surface area (Å²) in [6, 6.07) is -0.414. The van der Waals surface area contributed by atoms with Gasteiger partial charge in [-0.05, 0) is 19.8 Å². The van der Waals surface area contributed by atoms with Gasteiger partial charge in [0.2, 0.25) is 5.13 Å². The quantitative estimate of drug-likeness (QED) is 0.790. The lowest BCUT2D eigenvalue weighted by molar-refractivity contribution is -0.138. The summed E-state index contributed by atoms with van der Waals surface area (Å²) in [4.78, 5) is 16.9. The molecule has 0 amide bonds. The van der Waals surface area contributed by atoms with Gasteiger partial charge >= 0.3 is 5.97 Å². The minimum absolute atomic E-state index is 0.414. The summed E-state index contributed by atoms with van der Waals surface area (Å²) in [6.07, 6.45) is 1.61. The second-order valence-corrected chi connectivity index (χ2v) is 4.04. The largest absolute Gasteiger partial charge is 0.480 e. The third kappa shape index (κ3) is 1.57. The van der Waals surface area contributed by atoms with Crippen molar-refractivity contribution < 1.29 is 9.90 Å². The third-order valence-corrected chi connectivity index (χ3v) is 3.15. The predicted molar refractivity (Wildman–Crippen MR) is 52.6 cm³/mol. The first-order chi connectivity index (χ1) is 6.68. The van der Waals surface area contributed by atoms with Crippen molar-refractivity contribution in [3.63, 3.8) is 0 Å². The fraction of sp³-hybridized carbons (Fsp3) is 0.625. The Hall–Kier alpha value is -1.17. The number of aromatic nitrogens is 2. The topological polar surface area (TPSA) is 66.3 Å². The minimum Gasteiger partial charge on any atom is -0.480 e. The smallest absolute Gasteiger partial charge is 0.326 e. The van der Waals surface area contributed by atoms with Crippen LogP contribution in [-0.4, -0.2) is 33.0 Å². The Morgan fingerprint density at radius 3 is 3.07 bits per heavy atom. The second-order valence-electron chi connectivity index (χ2n) is 3.31. The average Bonchev–Trinajstić information content (AvgIpc) is 2.70. The van der Waals surface area contributed by atoms with Crippen LogP contribution < -0.4 is 4.90 Å². The summed E-state index contributed by atoms with van der Waals surface area (Å²) in [5, 5.41) is 9.70. The molecule has 1 aromatic heterocycles. The maximum Gasteiger partial charge on any atom is 0.326 e. The third-order valence-electron chi connectivity index (χ3n) is 2.30. The molecule has 1 saturated heterocycles. The number of aliphatic carboxylic acids is 1. The molecular weight excluding hydrogens is 202 g/mol. The van der Waals surface area contributed by atoms with E-state index in [1.807, 2.05) is 11.8 Å². The first-order valence-electron chi connectivity index (χ1n) is 4.48. The van der Waals surface area contributed by atoms with Gasteiger partial charge in [-0.15, -0.1) is 0 Å². The minimum atomic E-state index is -0.768. The zero-order chi connectivity index (χ0) is 10.1. The van der Waals surface area contributed by atoms with E-state index in [-0.39, 0.29) is 0 Å². The number of rotatable bonds is 2. The molecule has 0 unspecified atom stereocenters. The molecule has 2 heterocycles. The Morgan fingerprint density at radius 2 is 2.50 bits per heavy atom. The van der Waals surface area contributed by atoms with Crippen LogP contribution in [0.2, 0.25) is 0 Å². The molecule has 1 aliphatic rings. The molecule has 1 atom stereocenters. The summed E-state index contributed by atoms with van der Waals surface area (Å²) >= 11 is 1.27. The molecule has 0 radical (unpaired) electrons. The lowest BCUT2D eigenvalue weighted by Gasteiger charge is -2.19. The van der Waals surface area contributed by atoms with Crippen LogP contribution in [0.25, 0.3) is 0 Å². The van der Waals surface area contributed by atoms with Gasteiger partial charge in [0.1, 0.15) is 11.9 Å². The number of anilines is 1. The molecule has 0 bridgehead atoms. The van der Waals surface area contributed by atoms with E-state index in [2.05, 4.69) is 9.36 Å². The summed E-state index contributed by atoms with van der Waals surface area (Å²) in [5.41, 5.74) is 0. The van der Waals surface area contributed by atoms with Crippen molar-refractivity contribution in [3.8, 4) is 0 Å². The Morgan fingerprint density at radius 1 is 1.71 bits per heavy atom. The van der Waals surface area contributed by atoms with Crippen LogP contribution in [0, 0.1) is 6.92 Å². The van der Waals surface area contributed by atoms with Crippen LogP contribution >= 0.6 is 11.5 Å². The molecule has 2 rings (SSSR count). The number of aryl methyl sites for hydroxylation is 1. The molecule has 14 heavy (non-hydrogen) atoms. The van der Waals surface area contributed by atoms with E-state index in [1.165, 1.54) is 11.5 Å². The number of nitrogens with zero attached hydrogens (tertiary/aromatic N) is 3. The van der Waals surface area contributed by atoms with Gasteiger partial charge in [-0.3, -0.25) is 0 Å². The Kier molecular flexibility index (Phi) is 2.37. The van der Waals surface area contributed by atoms with Crippen molar-refractivity contribution in [1.82, 2.24) is 9.36 Å². The van der Waals surface area contributed by atoms with Crippen LogP contribution in [0.4, 0.5) is 5.13 Å². The second kappa shape index (κ2) is 3.53. The molecule has 0 saturated carbocycles. The maximum atomic E-state index is 10.9. The van der Waals surface area contributed by atoms with Gasteiger partial charge in [-0.25, -0.2) is 9.78 Å². The summed E-state index contributed by atoms with van der Waals surface area (Å²) < 4.78 is 4.05. The SMILES string of the molecule is Cc1nsc(N2CCC[C@@H]2C(=O)O)n1. The first-order valence-corrected chi connectivity index (χ1v) is 5.25. The molecule has 0 aromatic carbocycles. The first kappa shape index (κ1) is 9.39. The van der Waals surface area contributed by atoms with Crippen LogP contribution in [0.15, 0.2) is 0 Å². The van der Waals surface area contributed by atoms with E-state index in [9.17, 15) is 4.79 Å². The van der Waals surface area contributed by atoms with Gasteiger partial charge in [-0.1, -0.05) is 0 Å². The zero-order valence-corrected chi connectivity index (χ0v) is 8.62. The summed E-state index contributed by atoms with van der Waals surface area (Å²) in [6.45, 7) is 2.58. The van der Waals surface area contributed by atoms with Gasteiger partial charge in [-0.2, -0.15) is 4.37 Å². The van der Waals surface area contributed by atoms with E-state index in [0.717, 1.165) is 18.1 Å². The predicted octanol–water partition coefficient (Wildman–Crippen LogP) is 0.900. The Labute approximate surface area is 85.6 Å². The van der Waals surface area contributed by atoms with Crippen LogP contribution in [0.3, 0.4) is 0 Å². The lowest BCUT2D eigenvalue weighted by Crippen LogP contribution is -2.35. The van der Waals surface area contributed by atoms with Gasteiger partial charge in [0.05, 0.1) is 0 Å². The van der Waals surface area contributed by atoms with Crippen molar-refractivity contribution in [2.24, 2.45) is 0 Å². The highest BCUT2D eigenvalue weighted by Gasteiger charge is 2.32. The number of carboxylic acid groups (broad SMARTS) is 1. The highest BCUT2D eigenvalue weighted by molar-refractivity contribution is 7.09. The van der Waals surface area contributed by atoms with Gasteiger partial charge in [0.15, 0.2) is 0 Å². The van der Waals surface area contributed by atoms with Crippen molar-refractivity contribution >= 4 is 22.6 Å². The van der Waals surface area contributed by atoms with Crippen LogP contribution in [0.5, 0.6) is 0 Å². The molecule has 1 aliphatic heterocycles. The zero-order valence-electron chi connectivity index (χ0n) is 7.80. The van der Waals surface area contributed by atoms with E-state index < -0.39 is 12.0 Å². The standard InChI is InChI=1S/C8H11N3O2S/c1-5-9-8(14-10-5)11-4-2-3-6(11)7(12)13/h6H,2-4H2,1H3,(H,12,13)/t6-/m1/s1. The number of hydrogen-bond donors (Lipinski definition) is 1. The van der Waals surface area contributed by atoms with Crippen molar-refractivity contribution in [2.75, 3.05) is 11.4 Å². The molecule has 0 aliphatic carbocycles. The molecular formula is C8H11N3O2S. The Bertz CT molecular complexity index is 352. The maximum absolute atomic E-state index is 10.9.